The van der Waals surface area contributed by atoms with Crippen molar-refractivity contribution < 1.29 is 0 Å². The van der Waals surface area contributed by atoms with E-state index in [2.05, 4.69) is 37.7 Å². The van der Waals surface area contributed by atoms with Crippen molar-refractivity contribution in [1.29, 1.82) is 0 Å². The van der Waals surface area contributed by atoms with Crippen LogP contribution in [0.4, 0.5) is 0 Å². The Hall–Kier alpha value is -0.740. The third-order valence-corrected chi connectivity index (χ3v) is 2.15. The van der Waals surface area contributed by atoms with Gasteiger partial charge in [-0.1, -0.05) is 25.5 Å². The van der Waals surface area contributed by atoms with Crippen molar-refractivity contribution in [3.05, 3.63) is 11.6 Å². The van der Waals surface area contributed by atoms with Crippen LogP contribution < -0.4 is 0 Å². The van der Waals surface area contributed by atoms with Gasteiger partial charge in [0.05, 0.1) is 0 Å². The average molecular weight is 179 g/mol. The van der Waals surface area contributed by atoms with Crippen LogP contribution in [0.3, 0.4) is 0 Å². The zero-order chi connectivity index (χ0) is 10.1. The van der Waals surface area contributed by atoms with Crippen molar-refractivity contribution in [1.82, 2.24) is 4.90 Å². The number of allylic oxidation sites excluding steroid dienone is 1. The fourth-order valence-electron chi connectivity index (χ4n) is 1.27. The van der Waals surface area contributed by atoms with E-state index in [1.807, 2.05) is 0 Å². The third kappa shape index (κ3) is 6.42. The predicted octanol–water partition coefficient (Wildman–Crippen LogP) is 2.69. The lowest BCUT2D eigenvalue weighted by Crippen LogP contribution is -2.24. The number of hydrogen-bond donors (Lipinski definition) is 0. The fourth-order valence-corrected chi connectivity index (χ4v) is 1.27. The Morgan fingerprint density at radius 3 is 2.46 bits per heavy atom. The van der Waals surface area contributed by atoms with E-state index in [9.17, 15) is 0 Å². The van der Waals surface area contributed by atoms with Gasteiger partial charge in [-0.05, 0) is 26.4 Å². The van der Waals surface area contributed by atoms with Crippen LogP contribution in [-0.4, -0.2) is 24.5 Å². The number of terminal acetylenes is 1. The summed E-state index contributed by atoms with van der Waals surface area (Å²) >= 11 is 0. The van der Waals surface area contributed by atoms with Gasteiger partial charge in [0.1, 0.15) is 0 Å². The first-order valence-corrected chi connectivity index (χ1v) is 5.06. The van der Waals surface area contributed by atoms with Gasteiger partial charge < -0.3 is 0 Å². The molecule has 0 bridgehead atoms. The maximum atomic E-state index is 5.18. The molecule has 0 heterocycles. The highest BCUT2D eigenvalue weighted by Crippen LogP contribution is 2.01. The van der Waals surface area contributed by atoms with E-state index in [0.717, 1.165) is 32.5 Å². The first kappa shape index (κ1) is 12.3. The topological polar surface area (TPSA) is 3.24 Å². The molecule has 0 fully saturated rings. The van der Waals surface area contributed by atoms with Gasteiger partial charge in [0.15, 0.2) is 0 Å². The van der Waals surface area contributed by atoms with E-state index in [0.29, 0.717) is 0 Å². The maximum Gasteiger partial charge on any atom is 0.0189 e. The minimum atomic E-state index is 0.857. The molecule has 13 heavy (non-hydrogen) atoms. The standard InChI is InChI=1S/C12H21N/c1-5-8-9-10-12(4)11-13(6-2)7-3/h1,10H,6-9,11H2,2-4H3/b12-10-. The van der Waals surface area contributed by atoms with Gasteiger partial charge in [0, 0.05) is 13.0 Å². The van der Waals surface area contributed by atoms with Crippen molar-refractivity contribution in [2.45, 2.75) is 33.6 Å². The Bertz CT molecular complexity index is 182. The molecule has 0 radical (unpaired) electrons. The molecule has 0 aliphatic rings. The number of hydrogen-bond acceptors (Lipinski definition) is 1. The van der Waals surface area contributed by atoms with Crippen molar-refractivity contribution in [2.24, 2.45) is 0 Å². The van der Waals surface area contributed by atoms with Gasteiger partial charge in [0.2, 0.25) is 0 Å². The zero-order valence-corrected chi connectivity index (χ0v) is 9.14. The first-order valence-electron chi connectivity index (χ1n) is 5.06. The molecule has 0 saturated heterocycles. The third-order valence-electron chi connectivity index (χ3n) is 2.15. The highest BCUT2D eigenvalue weighted by atomic mass is 15.1. The van der Waals surface area contributed by atoms with Crippen molar-refractivity contribution in [3.63, 3.8) is 0 Å². The molecule has 0 aromatic rings. The lowest BCUT2D eigenvalue weighted by atomic mass is 10.2. The van der Waals surface area contributed by atoms with Crippen LogP contribution in [0.5, 0.6) is 0 Å². The highest BCUT2D eigenvalue weighted by molar-refractivity contribution is 5.02. The summed E-state index contributed by atoms with van der Waals surface area (Å²) in [6, 6.07) is 0. The summed E-state index contributed by atoms with van der Waals surface area (Å²) in [5, 5.41) is 0. The van der Waals surface area contributed by atoms with Gasteiger partial charge in [-0.25, -0.2) is 0 Å². The zero-order valence-electron chi connectivity index (χ0n) is 9.14. The Labute approximate surface area is 82.8 Å². The molecule has 0 N–H and O–H groups in total. The van der Waals surface area contributed by atoms with E-state index >= 15 is 0 Å². The average Bonchev–Trinajstić information content (AvgIpc) is 2.14. The van der Waals surface area contributed by atoms with E-state index in [1.54, 1.807) is 0 Å². The summed E-state index contributed by atoms with van der Waals surface area (Å²) in [5.41, 5.74) is 1.43. The van der Waals surface area contributed by atoms with E-state index in [4.69, 9.17) is 6.42 Å². The van der Waals surface area contributed by atoms with Crippen molar-refractivity contribution in [3.8, 4) is 12.3 Å². The molecule has 0 aliphatic heterocycles. The Morgan fingerprint density at radius 1 is 1.38 bits per heavy atom. The second kappa shape index (κ2) is 7.89. The molecule has 0 saturated carbocycles. The molecule has 0 amide bonds. The quantitative estimate of drug-likeness (QED) is 0.344. The molecule has 0 atom stereocenters. The molecule has 0 unspecified atom stereocenters. The summed E-state index contributed by atoms with van der Waals surface area (Å²) in [6.45, 7) is 9.89. The summed E-state index contributed by atoms with van der Waals surface area (Å²) in [6.07, 6.45) is 9.30. The molecule has 0 aromatic carbocycles. The lowest BCUT2D eigenvalue weighted by Gasteiger charge is -2.18. The molecule has 74 valence electrons. The van der Waals surface area contributed by atoms with E-state index < -0.39 is 0 Å². The van der Waals surface area contributed by atoms with E-state index in [1.165, 1.54) is 5.57 Å². The molecule has 0 aromatic heterocycles. The molecule has 1 nitrogen and oxygen atoms in total. The smallest absolute Gasteiger partial charge is 0.0189 e. The monoisotopic (exact) mass is 179 g/mol. The largest absolute Gasteiger partial charge is 0.300 e. The molecule has 1 heteroatoms. The van der Waals surface area contributed by atoms with Gasteiger partial charge in [-0.15, -0.1) is 12.3 Å². The van der Waals surface area contributed by atoms with Gasteiger partial charge in [-0.2, -0.15) is 0 Å². The Kier molecular flexibility index (Phi) is 7.44. The SMILES string of the molecule is C#CCC/C=C(/C)CN(CC)CC. The van der Waals surface area contributed by atoms with Crippen LogP contribution in [0.15, 0.2) is 11.6 Å². The number of rotatable bonds is 6. The molecular weight excluding hydrogens is 158 g/mol. The van der Waals surface area contributed by atoms with E-state index in [-0.39, 0.29) is 0 Å². The summed E-state index contributed by atoms with van der Waals surface area (Å²) in [4.78, 5) is 2.40. The lowest BCUT2D eigenvalue weighted by molar-refractivity contribution is 0.329. The fraction of sp³-hybridized carbons (Fsp3) is 0.667. The normalized spacial score (nSPS) is 11.8. The molecule has 0 aliphatic carbocycles. The van der Waals surface area contributed by atoms with Crippen LogP contribution >= 0.6 is 0 Å². The minimum absolute atomic E-state index is 0.857. The van der Waals surface area contributed by atoms with Crippen LogP contribution in [0.2, 0.25) is 0 Å². The van der Waals surface area contributed by atoms with Crippen molar-refractivity contribution in [2.75, 3.05) is 19.6 Å². The Balaban J connectivity index is 3.77. The highest BCUT2D eigenvalue weighted by Gasteiger charge is 1.98. The summed E-state index contributed by atoms with van der Waals surface area (Å²) in [5.74, 6) is 2.65. The van der Waals surface area contributed by atoms with Crippen LogP contribution in [0.1, 0.15) is 33.6 Å². The number of unbranched alkanes of at least 4 members (excludes halogenated alkanes) is 1. The molecular formula is C12H21N. The van der Waals surface area contributed by atoms with Gasteiger partial charge in [-0.3, -0.25) is 4.90 Å². The summed E-state index contributed by atoms with van der Waals surface area (Å²) < 4.78 is 0. The molecule has 0 spiro atoms. The Morgan fingerprint density at radius 2 is 2.00 bits per heavy atom. The predicted molar refractivity (Wildman–Crippen MR) is 59.6 cm³/mol. The summed E-state index contributed by atoms with van der Waals surface area (Å²) in [7, 11) is 0. The van der Waals surface area contributed by atoms with Gasteiger partial charge >= 0.3 is 0 Å². The molecule has 0 rings (SSSR count). The first-order chi connectivity index (χ1) is 6.24. The van der Waals surface area contributed by atoms with Crippen LogP contribution in [-0.2, 0) is 0 Å². The second-order valence-electron chi connectivity index (χ2n) is 3.25. The minimum Gasteiger partial charge on any atom is -0.300 e. The van der Waals surface area contributed by atoms with Gasteiger partial charge in [0.25, 0.3) is 0 Å². The van der Waals surface area contributed by atoms with Crippen molar-refractivity contribution >= 4 is 0 Å². The number of likely N-dealkylation sites (N-methyl/N-ethyl adjacent to an activating group) is 1. The van der Waals surface area contributed by atoms with Crippen LogP contribution in [0, 0.1) is 12.3 Å². The second-order valence-corrected chi connectivity index (χ2v) is 3.25. The number of nitrogens with zero attached hydrogens (tertiary/aromatic N) is 1. The van der Waals surface area contributed by atoms with Crippen LogP contribution in [0.25, 0.3) is 0 Å². The maximum absolute atomic E-state index is 5.18.